The summed E-state index contributed by atoms with van der Waals surface area (Å²) in [6, 6.07) is 8.05. The van der Waals surface area contributed by atoms with E-state index in [2.05, 4.69) is 23.2 Å². The number of para-hydroxylation sites is 1. The normalized spacial score (nSPS) is 27.5. The molecule has 0 radical (unpaired) electrons. The molecular weight excluding hydrogens is 278 g/mol. The number of nitrogens with two attached hydrogens (primary N) is 1. The van der Waals surface area contributed by atoms with E-state index in [0.29, 0.717) is 19.6 Å². The van der Waals surface area contributed by atoms with Crippen LogP contribution < -0.4 is 15.8 Å². The molecular formula is C17H25N3O2. The highest BCUT2D eigenvalue weighted by molar-refractivity contribution is 5.78. The van der Waals surface area contributed by atoms with Crippen LogP contribution >= 0.6 is 0 Å². The predicted octanol–water partition coefficient (Wildman–Crippen LogP) is 0.777. The molecule has 5 nitrogen and oxygen atoms in total. The fourth-order valence-electron chi connectivity index (χ4n) is 3.28. The number of carbonyl (C=O) groups excluding carboxylic acids is 1. The average Bonchev–Trinajstić information content (AvgIpc) is 3.09. The van der Waals surface area contributed by atoms with Crippen LogP contribution in [0.25, 0.3) is 0 Å². The second-order valence-corrected chi connectivity index (χ2v) is 6.83. The Bertz CT molecular complexity index is 523. The summed E-state index contributed by atoms with van der Waals surface area (Å²) in [5, 5.41) is 2.99. The number of nitrogens with one attached hydrogen (secondary N) is 1. The van der Waals surface area contributed by atoms with Gasteiger partial charge in [0.2, 0.25) is 5.91 Å². The van der Waals surface area contributed by atoms with E-state index < -0.39 is 0 Å². The van der Waals surface area contributed by atoms with Crippen molar-refractivity contribution in [3.63, 3.8) is 0 Å². The number of amides is 1. The molecule has 2 heterocycles. The third-order valence-electron chi connectivity index (χ3n) is 4.74. The van der Waals surface area contributed by atoms with Gasteiger partial charge in [-0.25, -0.2) is 0 Å². The van der Waals surface area contributed by atoms with Crippen molar-refractivity contribution in [1.82, 2.24) is 10.2 Å². The Kier molecular flexibility index (Phi) is 4.36. The summed E-state index contributed by atoms with van der Waals surface area (Å²) in [4.78, 5) is 14.3. The number of rotatable bonds is 5. The zero-order valence-corrected chi connectivity index (χ0v) is 13.2. The number of nitrogens with zero attached hydrogens (tertiary/aromatic N) is 1. The van der Waals surface area contributed by atoms with Crippen molar-refractivity contribution in [2.75, 3.05) is 32.7 Å². The lowest BCUT2D eigenvalue weighted by Crippen LogP contribution is -2.41. The number of ether oxygens (including phenoxy) is 1. The number of hydrogen-bond acceptors (Lipinski definition) is 4. The summed E-state index contributed by atoms with van der Waals surface area (Å²) >= 11 is 0. The monoisotopic (exact) mass is 303 g/mol. The first kappa shape index (κ1) is 15.3. The topological polar surface area (TPSA) is 67.6 Å². The van der Waals surface area contributed by atoms with Crippen molar-refractivity contribution in [3.05, 3.63) is 29.8 Å². The number of fused-ring (bicyclic) bond motifs is 1. The maximum Gasteiger partial charge on any atom is 0.234 e. The molecule has 2 aliphatic heterocycles. The van der Waals surface area contributed by atoms with Crippen molar-refractivity contribution in [2.24, 2.45) is 11.1 Å². The van der Waals surface area contributed by atoms with Crippen LogP contribution in [0.4, 0.5) is 0 Å². The Morgan fingerprint density at radius 3 is 3.05 bits per heavy atom. The molecule has 1 amide bonds. The first-order valence-electron chi connectivity index (χ1n) is 8.02. The van der Waals surface area contributed by atoms with Crippen molar-refractivity contribution >= 4 is 5.91 Å². The van der Waals surface area contributed by atoms with Crippen LogP contribution in [0, 0.1) is 5.41 Å². The van der Waals surface area contributed by atoms with E-state index in [1.54, 1.807) is 0 Å². The third-order valence-corrected chi connectivity index (χ3v) is 4.74. The Morgan fingerprint density at radius 2 is 2.32 bits per heavy atom. The molecule has 2 aliphatic rings. The molecule has 0 spiro atoms. The van der Waals surface area contributed by atoms with E-state index in [1.165, 1.54) is 5.56 Å². The number of hydrogen-bond donors (Lipinski definition) is 2. The lowest BCUT2D eigenvalue weighted by molar-refractivity contribution is -0.122. The van der Waals surface area contributed by atoms with Gasteiger partial charge in [0.25, 0.3) is 0 Å². The molecule has 3 rings (SSSR count). The van der Waals surface area contributed by atoms with E-state index >= 15 is 0 Å². The molecule has 22 heavy (non-hydrogen) atoms. The largest absolute Gasteiger partial charge is 0.488 e. The highest BCUT2D eigenvalue weighted by Gasteiger charge is 2.33. The fraction of sp³-hybridized carbons (Fsp3) is 0.588. The van der Waals surface area contributed by atoms with Gasteiger partial charge in [-0.2, -0.15) is 0 Å². The zero-order chi connectivity index (χ0) is 15.6. The minimum Gasteiger partial charge on any atom is -0.488 e. The first-order valence-corrected chi connectivity index (χ1v) is 8.02. The van der Waals surface area contributed by atoms with Crippen LogP contribution in [0.1, 0.15) is 18.9 Å². The van der Waals surface area contributed by atoms with Gasteiger partial charge in [-0.1, -0.05) is 25.1 Å². The summed E-state index contributed by atoms with van der Waals surface area (Å²) < 4.78 is 5.83. The molecule has 2 atom stereocenters. The van der Waals surface area contributed by atoms with Gasteiger partial charge in [-0.05, 0) is 36.6 Å². The molecule has 2 unspecified atom stereocenters. The Hall–Kier alpha value is -1.59. The van der Waals surface area contributed by atoms with Gasteiger partial charge in [-0.3, -0.25) is 9.69 Å². The molecule has 1 saturated heterocycles. The molecule has 120 valence electrons. The number of likely N-dealkylation sites (tertiary alicyclic amines) is 1. The number of carbonyl (C=O) groups is 1. The molecule has 1 fully saturated rings. The first-order chi connectivity index (χ1) is 10.6. The zero-order valence-electron chi connectivity index (χ0n) is 13.2. The van der Waals surface area contributed by atoms with Crippen LogP contribution in [0.3, 0.4) is 0 Å². The fourth-order valence-corrected chi connectivity index (χ4v) is 3.28. The SMILES string of the molecule is CC1(CN)CCN(CC(=O)NCC2Cc3ccccc3O2)C1. The summed E-state index contributed by atoms with van der Waals surface area (Å²) in [6.45, 7) is 5.74. The maximum absolute atomic E-state index is 12.1. The summed E-state index contributed by atoms with van der Waals surface area (Å²) in [5.41, 5.74) is 7.19. The van der Waals surface area contributed by atoms with Crippen LogP contribution in [0.15, 0.2) is 24.3 Å². The second kappa shape index (κ2) is 6.26. The molecule has 0 saturated carbocycles. The highest BCUT2D eigenvalue weighted by atomic mass is 16.5. The minimum atomic E-state index is 0.0502. The van der Waals surface area contributed by atoms with Crippen molar-refractivity contribution < 1.29 is 9.53 Å². The second-order valence-electron chi connectivity index (χ2n) is 6.83. The summed E-state index contributed by atoms with van der Waals surface area (Å²) in [5.74, 6) is 1.01. The van der Waals surface area contributed by atoms with Gasteiger partial charge in [-0.15, -0.1) is 0 Å². The van der Waals surface area contributed by atoms with Crippen molar-refractivity contribution in [3.8, 4) is 5.75 Å². The van der Waals surface area contributed by atoms with E-state index in [0.717, 1.165) is 31.7 Å². The van der Waals surface area contributed by atoms with Crippen LogP contribution in [-0.2, 0) is 11.2 Å². The molecule has 5 heteroatoms. The standard InChI is InChI=1S/C17H25N3O2/c1-17(11-18)6-7-20(12-17)10-16(21)19-9-14-8-13-4-2-3-5-15(13)22-14/h2-5,14H,6-12,18H2,1H3,(H,19,21). The lowest BCUT2D eigenvalue weighted by Gasteiger charge is -2.22. The van der Waals surface area contributed by atoms with Crippen molar-refractivity contribution in [1.29, 1.82) is 0 Å². The van der Waals surface area contributed by atoms with E-state index in [9.17, 15) is 4.79 Å². The van der Waals surface area contributed by atoms with Gasteiger partial charge in [0, 0.05) is 13.0 Å². The number of benzene rings is 1. The minimum absolute atomic E-state index is 0.0502. The van der Waals surface area contributed by atoms with E-state index in [1.807, 2.05) is 18.2 Å². The summed E-state index contributed by atoms with van der Waals surface area (Å²) in [6.07, 6.45) is 1.98. The quantitative estimate of drug-likeness (QED) is 0.843. The van der Waals surface area contributed by atoms with Gasteiger partial charge in [0.15, 0.2) is 0 Å². The molecule has 0 aliphatic carbocycles. The van der Waals surface area contributed by atoms with Gasteiger partial charge in [0.05, 0.1) is 13.1 Å². The van der Waals surface area contributed by atoms with Gasteiger partial charge in [0.1, 0.15) is 11.9 Å². The van der Waals surface area contributed by atoms with Crippen LogP contribution in [0.2, 0.25) is 0 Å². The smallest absolute Gasteiger partial charge is 0.234 e. The molecule has 3 N–H and O–H groups in total. The van der Waals surface area contributed by atoms with E-state index in [-0.39, 0.29) is 17.4 Å². The van der Waals surface area contributed by atoms with Gasteiger partial charge < -0.3 is 15.8 Å². The predicted molar refractivity (Wildman–Crippen MR) is 85.8 cm³/mol. The van der Waals surface area contributed by atoms with Crippen molar-refractivity contribution in [2.45, 2.75) is 25.9 Å². The third kappa shape index (κ3) is 3.42. The van der Waals surface area contributed by atoms with Gasteiger partial charge >= 0.3 is 0 Å². The highest BCUT2D eigenvalue weighted by Crippen LogP contribution is 2.28. The molecule has 1 aromatic carbocycles. The Labute approximate surface area is 131 Å². The average molecular weight is 303 g/mol. The Morgan fingerprint density at radius 1 is 1.50 bits per heavy atom. The lowest BCUT2D eigenvalue weighted by atomic mass is 9.90. The van der Waals surface area contributed by atoms with E-state index in [4.69, 9.17) is 10.5 Å². The molecule has 1 aromatic rings. The van der Waals surface area contributed by atoms with Crippen LogP contribution in [-0.4, -0.2) is 49.6 Å². The van der Waals surface area contributed by atoms with Crippen LogP contribution in [0.5, 0.6) is 5.75 Å². The molecule has 0 bridgehead atoms. The Balaban J connectivity index is 1.41. The molecule has 0 aromatic heterocycles. The summed E-state index contributed by atoms with van der Waals surface area (Å²) in [7, 11) is 0. The maximum atomic E-state index is 12.1.